The van der Waals surface area contributed by atoms with E-state index in [1.54, 1.807) is 16.0 Å². The van der Waals surface area contributed by atoms with Crippen LogP contribution in [0.15, 0.2) is 69.6 Å². The second kappa shape index (κ2) is 7.12. The van der Waals surface area contributed by atoms with Crippen LogP contribution in [0.2, 0.25) is 0 Å². The van der Waals surface area contributed by atoms with Crippen LogP contribution < -0.4 is 11.2 Å². The summed E-state index contributed by atoms with van der Waals surface area (Å²) in [6.45, 7) is 6.80. The summed E-state index contributed by atoms with van der Waals surface area (Å²) in [7, 11) is 0. The number of thiophene rings is 1. The Balaban J connectivity index is 1.86. The molecular formula is C23H21FN2O2S. The third-order valence-electron chi connectivity index (χ3n) is 5.00. The Morgan fingerprint density at radius 1 is 0.931 bits per heavy atom. The summed E-state index contributed by atoms with van der Waals surface area (Å²) in [6, 6.07) is 15.3. The highest BCUT2D eigenvalue weighted by Crippen LogP contribution is 2.23. The SMILES string of the molecule is CC(C)(C)c1ccc(Cn2c(=O)n(-c3ccc(F)cc3)c(=O)c3sccc32)cc1. The molecule has 4 nitrogen and oxygen atoms in total. The molecule has 0 fully saturated rings. The second-order valence-electron chi connectivity index (χ2n) is 8.07. The summed E-state index contributed by atoms with van der Waals surface area (Å²) >= 11 is 1.30. The maximum Gasteiger partial charge on any atom is 0.336 e. The minimum absolute atomic E-state index is 0.0474. The summed E-state index contributed by atoms with van der Waals surface area (Å²) in [5.74, 6) is -0.418. The topological polar surface area (TPSA) is 44.0 Å². The van der Waals surface area contributed by atoms with Gasteiger partial charge in [-0.1, -0.05) is 45.0 Å². The molecule has 0 N–H and O–H groups in total. The molecule has 6 heteroatoms. The molecule has 4 rings (SSSR count). The maximum atomic E-state index is 13.3. The van der Waals surface area contributed by atoms with Crippen molar-refractivity contribution in [3.63, 3.8) is 0 Å². The van der Waals surface area contributed by atoms with Crippen LogP contribution in [0.1, 0.15) is 31.9 Å². The van der Waals surface area contributed by atoms with Crippen LogP contribution in [-0.4, -0.2) is 9.13 Å². The van der Waals surface area contributed by atoms with E-state index in [-0.39, 0.29) is 11.0 Å². The first kappa shape index (κ1) is 19.3. The Morgan fingerprint density at radius 2 is 1.59 bits per heavy atom. The maximum absolute atomic E-state index is 13.3. The van der Waals surface area contributed by atoms with Crippen molar-refractivity contribution < 1.29 is 4.39 Å². The van der Waals surface area contributed by atoms with Gasteiger partial charge >= 0.3 is 5.69 Å². The summed E-state index contributed by atoms with van der Waals surface area (Å²) in [5, 5.41) is 1.81. The van der Waals surface area contributed by atoms with Crippen LogP contribution in [0, 0.1) is 5.82 Å². The molecular weight excluding hydrogens is 387 g/mol. The van der Waals surface area contributed by atoms with E-state index < -0.39 is 11.5 Å². The Kier molecular flexibility index (Phi) is 4.74. The molecule has 2 aromatic heterocycles. The van der Waals surface area contributed by atoms with Gasteiger partial charge in [-0.15, -0.1) is 11.3 Å². The number of hydrogen-bond donors (Lipinski definition) is 0. The molecule has 2 aromatic carbocycles. The molecule has 0 saturated carbocycles. The van der Waals surface area contributed by atoms with Crippen molar-refractivity contribution in [2.45, 2.75) is 32.7 Å². The fourth-order valence-corrected chi connectivity index (χ4v) is 4.17. The van der Waals surface area contributed by atoms with Crippen LogP contribution in [-0.2, 0) is 12.0 Å². The molecule has 29 heavy (non-hydrogen) atoms. The van der Waals surface area contributed by atoms with Crippen LogP contribution in [0.5, 0.6) is 0 Å². The van der Waals surface area contributed by atoms with Crippen molar-refractivity contribution >= 4 is 21.6 Å². The first-order valence-corrected chi connectivity index (χ1v) is 10.2. The van der Waals surface area contributed by atoms with E-state index in [0.29, 0.717) is 22.4 Å². The van der Waals surface area contributed by atoms with Gasteiger partial charge in [-0.3, -0.25) is 9.36 Å². The van der Waals surface area contributed by atoms with E-state index in [0.717, 1.165) is 10.1 Å². The second-order valence-corrected chi connectivity index (χ2v) is 8.98. The molecule has 0 amide bonds. The van der Waals surface area contributed by atoms with Crippen molar-refractivity contribution in [2.75, 3.05) is 0 Å². The van der Waals surface area contributed by atoms with Crippen LogP contribution >= 0.6 is 11.3 Å². The molecule has 0 bridgehead atoms. The minimum Gasteiger partial charge on any atom is -0.288 e. The number of benzene rings is 2. The standard InChI is InChI=1S/C23H21FN2O2S/c1-23(2,3)16-6-4-15(5-7-16)14-25-19-12-13-29-20(19)21(27)26(22(25)28)18-10-8-17(24)9-11-18/h4-13H,14H2,1-3H3. The largest absolute Gasteiger partial charge is 0.336 e. The van der Waals surface area contributed by atoms with Gasteiger partial charge in [0.1, 0.15) is 10.5 Å². The molecule has 0 unspecified atom stereocenters. The lowest BCUT2D eigenvalue weighted by Crippen LogP contribution is -2.38. The normalized spacial score (nSPS) is 11.9. The van der Waals surface area contributed by atoms with Gasteiger partial charge in [0.15, 0.2) is 0 Å². The molecule has 148 valence electrons. The van der Waals surface area contributed by atoms with Crippen LogP contribution in [0.4, 0.5) is 4.39 Å². The molecule has 0 radical (unpaired) electrons. The van der Waals surface area contributed by atoms with E-state index in [2.05, 4.69) is 32.9 Å². The van der Waals surface area contributed by atoms with Gasteiger partial charge in [0.2, 0.25) is 0 Å². The predicted molar refractivity (Wildman–Crippen MR) is 116 cm³/mol. The lowest BCUT2D eigenvalue weighted by Gasteiger charge is -2.19. The summed E-state index contributed by atoms with van der Waals surface area (Å²) in [4.78, 5) is 26.2. The Labute approximate surface area is 171 Å². The Bertz CT molecular complexity index is 1290. The van der Waals surface area contributed by atoms with Crippen molar-refractivity contribution in [3.05, 3.63) is 97.8 Å². The number of aromatic nitrogens is 2. The smallest absolute Gasteiger partial charge is 0.288 e. The van der Waals surface area contributed by atoms with Gasteiger partial charge < -0.3 is 0 Å². The number of nitrogens with zero attached hydrogens (tertiary/aromatic N) is 2. The quantitative estimate of drug-likeness (QED) is 0.493. The third kappa shape index (κ3) is 3.56. The van der Waals surface area contributed by atoms with E-state index in [1.165, 1.54) is 41.2 Å². The van der Waals surface area contributed by atoms with E-state index in [9.17, 15) is 14.0 Å². The predicted octanol–water partition coefficient (Wildman–Crippen LogP) is 4.70. The fraction of sp³-hybridized carbons (Fsp3) is 0.217. The lowest BCUT2D eigenvalue weighted by molar-refractivity contribution is 0.589. The van der Waals surface area contributed by atoms with Crippen LogP contribution in [0.25, 0.3) is 15.9 Å². The first-order chi connectivity index (χ1) is 13.8. The number of hydrogen-bond acceptors (Lipinski definition) is 3. The molecule has 0 spiro atoms. The minimum atomic E-state index is -0.438. The monoisotopic (exact) mass is 408 g/mol. The van der Waals surface area contributed by atoms with E-state index in [4.69, 9.17) is 0 Å². The highest BCUT2D eigenvalue weighted by Gasteiger charge is 2.17. The summed E-state index contributed by atoms with van der Waals surface area (Å²) in [5.41, 5.74) is 2.38. The van der Waals surface area contributed by atoms with Gasteiger partial charge in [0.05, 0.1) is 17.7 Å². The average molecular weight is 408 g/mol. The number of halogens is 1. The van der Waals surface area contributed by atoms with E-state index >= 15 is 0 Å². The average Bonchev–Trinajstić information content (AvgIpc) is 3.16. The van der Waals surface area contributed by atoms with Crippen molar-refractivity contribution in [1.29, 1.82) is 0 Å². The molecule has 0 saturated heterocycles. The molecule has 2 heterocycles. The Morgan fingerprint density at radius 3 is 2.21 bits per heavy atom. The van der Waals surface area contributed by atoms with Gasteiger partial charge in [0, 0.05) is 0 Å². The van der Waals surface area contributed by atoms with Gasteiger partial charge in [0.25, 0.3) is 5.56 Å². The fourth-order valence-electron chi connectivity index (χ4n) is 3.35. The van der Waals surface area contributed by atoms with Crippen molar-refractivity contribution in [1.82, 2.24) is 9.13 Å². The molecule has 0 atom stereocenters. The number of fused-ring (bicyclic) bond motifs is 1. The molecule has 0 aliphatic carbocycles. The molecule has 0 aliphatic heterocycles. The van der Waals surface area contributed by atoms with Crippen LogP contribution in [0.3, 0.4) is 0 Å². The summed E-state index contributed by atoms with van der Waals surface area (Å²) < 4.78 is 16.5. The molecule has 0 aliphatic rings. The lowest BCUT2D eigenvalue weighted by atomic mass is 9.87. The third-order valence-corrected chi connectivity index (χ3v) is 5.89. The zero-order valence-electron chi connectivity index (χ0n) is 16.5. The highest BCUT2D eigenvalue weighted by atomic mass is 32.1. The van der Waals surface area contributed by atoms with Crippen molar-refractivity contribution in [2.24, 2.45) is 0 Å². The highest BCUT2D eigenvalue weighted by molar-refractivity contribution is 7.17. The number of rotatable bonds is 3. The Hall–Kier alpha value is -2.99. The summed E-state index contributed by atoms with van der Waals surface area (Å²) in [6.07, 6.45) is 0. The van der Waals surface area contributed by atoms with Gasteiger partial charge in [-0.05, 0) is 52.3 Å². The molecule has 4 aromatic rings. The zero-order chi connectivity index (χ0) is 20.8. The van der Waals surface area contributed by atoms with Crippen molar-refractivity contribution in [3.8, 4) is 5.69 Å². The zero-order valence-corrected chi connectivity index (χ0v) is 17.3. The first-order valence-electron chi connectivity index (χ1n) is 9.34. The van der Waals surface area contributed by atoms with Gasteiger partial charge in [-0.2, -0.15) is 0 Å². The van der Waals surface area contributed by atoms with Gasteiger partial charge in [-0.25, -0.2) is 13.8 Å². The van der Waals surface area contributed by atoms with E-state index in [1.807, 2.05) is 12.1 Å².